The van der Waals surface area contributed by atoms with E-state index in [1.807, 2.05) is 0 Å². The number of hydrogen-bond donors (Lipinski definition) is 2. The molecule has 0 unspecified atom stereocenters. The van der Waals surface area contributed by atoms with Crippen molar-refractivity contribution in [2.24, 2.45) is 0 Å². The Kier molecular flexibility index (Phi) is 4.64. The van der Waals surface area contributed by atoms with Gasteiger partial charge in [0.15, 0.2) is 0 Å². The molecule has 110 valence electrons. The van der Waals surface area contributed by atoms with Crippen molar-refractivity contribution < 1.29 is 23.1 Å². The third kappa shape index (κ3) is 3.49. The van der Waals surface area contributed by atoms with Gasteiger partial charge in [-0.15, -0.1) is 0 Å². The zero-order valence-corrected chi connectivity index (χ0v) is 12.1. The van der Waals surface area contributed by atoms with Crippen molar-refractivity contribution in [2.45, 2.75) is 23.8 Å². The summed E-state index contributed by atoms with van der Waals surface area (Å²) in [7, 11) is -3.86. The van der Waals surface area contributed by atoms with E-state index in [4.69, 9.17) is 21.4 Å². The van der Waals surface area contributed by atoms with Crippen molar-refractivity contribution in [3.05, 3.63) is 28.8 Å². The fourth-order valence-corrected chi connectivity index (χ4v) is 3.52. The molecule has 6 nitrogen and oxygen atoms in total. The first-order valence-corrected chi connectivity index (χ1v) is 7.90. The predicted octanol–water partition coefficient (Wildman–Crippen LogP) is 1.50. The molecule has 0 amide bonds. The summed E-state index contributed by atoms with van der Waals surface area (Å²) in [5, 5.41) is 8.87. The number of carboxylic acids is 1. The minimum atomic E-state index is -3.86. The molecule has 20 heavy (non-hydrogen) atoms. The Hall–Kier alpha value is -1.15. The zero-order chi connectivity index (χ0) is 14.8. The predicted molar refractivity (Wildman–Crippen MR) is 72.6 cm³/mol. The van der Waals surface area contributed by atoms with E-state index >= 15 is 0 Å². The van der Waals surface area contributed by atoms with Crippen LogP contribution >= 0.6 is 11.6 Å². The summed E-state index contributed by atoms with van der Waals surface area (Å²) in [5.74, 6) is -1.21. The second kappa shape index (κ2) is 6.09. The lowest BCUT2D eigenvalue weighted by molar-refractivity contribution is 0.0696. The number of halogens is 1. The first-order chi connectivity index (χ1) is 9.40. The van der Waals surface area contributed by atoms with Crippen LogP contribution in [0.4, 0.5) is 0 Å². The lowest BCUT2D eigenvalue weighted by Crippen LogP contribution is -2.32. The molecule has 1 aliphatic heterocycles. The lowest BCUT2D eigenvalue weighted by atomic mass is 10.2. The van der Waals surface area contributed by atoms with Crippen molar-refractivity contribution in [2.75, 3.05) is 13.2 Å². The van der Waals surface area contributed by atoms with E-state index in [-0.39, 0.29) is 28.1 Å². The van der Waals surface area contributed by atoms with Crippen LogP contribution in [0.1, 0.15) is 23.2 Å². The maximum atomic E-state index is 12.1. The van der Waals surface area contributed by atoms with E-state index in [9.17, 15) is 13.2 Å². The van der Waals surface area contributed by atoms with Crippen LogP contribution in [0.5, 0.6) is 0 Å². The first-order valence-electron chi connectivity index (χ1n) is 6.04. The van der Waals surface area contributed by atoms with Crippen LogP contribution in [0, 0.1) is 0 Å². The van der Waals surface area contributed by atoms with E-state index < -0.39 is 16.0 Å². The largest absolute Gasteiger partial charge is 0.478 e. The first kappa shape index (κ1) is 15.2. The third-order valence-corrected chi connectivity index (χ3v) is 4.90. The minimum absolute atomic E-state index is 0.0187. The third-order valence-electron chi connectivity index (χ3n) is 2.99. The molecule has 0 aromatic heterocycles. The van der Waals surface area contributed by atoms with Crippen LogP contribution < -0.4 is 4.72 Å². The quantitative estimate of drug-likeness (QED) is 0.858. The van der Waals surface area contributed by atoms with Gasteiger partial charge in [-0.25, -0.2) is 17.9 Å². The molecular weight excluding hydrogens is 306 g/mol. The van der Waals surface area contributed by atoms with Gasteiger partial charge in [-0.3, -0.25) is 0 Å². The van der Waals surface area contributed by atoms with Gasteiger partial charge in [0.2, 0.25) is 10.0 Å². The molecule has 2 rings (SSSR count). The van der Waals surface area contributed by atoms with Crippen molar-refractivity contribution >= 4 is 27.6 Å². The number of benzene rings is 1. The summed E-state index contributed by atoms with van der Waals surface area (Å²) in [5.41, 5.74) is -0.133. The lowest BCUT2D eigenvalue weighted by Gasteiger charge is -2.12. The van der Waals surface area contributed by atoms with Crippen LogP contribution in [0.3, 0.4) is 0 Å². The average molecular weight is 320 g/mol. The molecule has 1 aromatic carbocycles. The van der Waals surface area contributed by atoms with Gasteiger partial charge in [-0.1, -0.05) is 11.6 Å². The van der Waals surface area contributed by atoms with Gasteiger partial charge >= 0.3 is 5.97 Å². The fraction of sp³-hybridized carbons (Fsp3) is 0.417. The molecule has 1 aliphatic rings. The summed E-state index contributed by atoms with van der Waals surface area (Å²) < 4.78 is 32.0. The summed E-state index contributed by atoms with van der Waals surface area (Å²) in [4.78, 5) is 10.6. The molecule has 1 fully saturated rings. The number of rotatable bonds is 5. The minimum Gasteiger partial charge on any atom is -0.478 e. The van der Waals surface area contributed by atoms with Gasteiger partial charge in [0.25, 0.3) is 0 Å². The summed E-state index contributed by atoms with van der Waals surface area (Å²) in [6.45, 7) is 0.775. The van der Waals surface area contributed by atoms with Gasteiger partial charge in [0, 0.05) is 13.2 Å². The Bertz CT molecular complexity index is 610. The molecule has 1 heterocycles. The highest BCUT2D eigenvalue weighted by Crippen LogP contribution is 2.23. The molecule has 0 spiro atoms. The Morgan fingerprint density at radius 3 is 2.85 bits per heavy atom. The zero-order valence-electron chi connectivity index (χ0n) is 10.5. The molecule has 1 saturated heterocycles. The Balaban J connectivity index is 2.19. The van der Waals surface area contributed by atoms with Gasteiger partial charge in [0.1, 0.15) is 4.90 Å². The van der Waals surface area contributed by atoms with E-state index in [1.165, 1.54) is 12.1 Å². The molecular formula is C12H14ClNO5S. The summed E-state index contributed by atoms with van der Waals surface area (Å²) >= 11 is 5.84. The maximum Gasteiger partial charge on any atom is 0.335 e. The number of hydrogen-bond acceptors (Lipinski definition) is 4. The normalized spacial score (nSPS) is 19.1. The summed E-state index contributed by atoms with van der Waals surface area (Å²) in [6.07, 6.45) is 1.55. The highest BCUT2D eigenvalue weighted by atomic mass is 35.5. The smallest absolute Gasteiger partial charge is 0.335 e. The monoisotopic (exact) mass is 319 g/mol. The average Bonchev–Trinajstić information content (AvgIpc) is 2.89. The SMILES string of the molecule is O=C(O)c1ccc(Cl)c(S(=O)(=O)NC[C@H]2CCCO2)c1. The number of aromatic carboxylic acids is 1. The molecule has 1 aromatic rings. The van der Waals surface area contributed by atoms with Gasteiger partial charge < -0.3 is 9.84 Å². The molecule has 0 aliphatic carbocycles. The second-order valence-corrected chi connectivity index (χ2v) is 6.58. The number of nitrogens with one attached hydrogen (secondary N) is 1. The topological polar surface area (TPSA) is 92.7 Å². The number of sulfonamides is 1. The van der Waals surface area contributed by atoms with E-state index in [0.717, 1.165) is 18.9 Å². The van der Waals surface area contributed by atoms with Crippen LogP contribution in [0.15, 0.2) is 23.1 Å². The van der Waals surface area contributed by atoms with Crippen LogP contribution in [0.25, 0.3) is 0 Å². The van der Waals surface area contributed by atoms with Crippen LogP contribution in [-0.4, -0.2) is 38.7 Å². The molecule has 0 saturated carbocycles. The fourth-order valence-electron chi connectivity index (χ4n) is 1.93. The van der Waals surface area contributed by atoms with Crippen molar-refractivity contribution in [1.29, 1.82) is 0 Å². The maximum absolute atomic E-state index is 12.1. The van der Waals surface area contributed by atoms with Crippen LogP contribution in [0.2, 0.25) is 5.02 Å². The van der Waals surface area contributed by atoms with Crippen molar-refractivity contribution in [1.82, 2.24) is 4.72 Å². The molecule has 0 bridgehead atoms. The molecule has 1 atom stereocenters. The highest BCUT2D eigenvalue weighted by Gasteiger charge is 2.23. The number of ether oxygens (including phenoxy) is 1. The number of carboxylic acid groups (broad SMARTS) is 1. The second-order valence-electron chi connectivity index (χ2n) is 4.44. The van der Waals surface area contributed by atoms with E-state index in [2.05, 4.69) is 4.72 Å². The van der Waals surface area contributed by atoms with E-state index in [1.54, 1.807) is 0 Å². The van der Waals surface area contributed by atoms with Gasteiger partial charge in [0.05, 0.1) is 16.7 Å². The Labute approximate surface area is 121 Å². The standard InChI is InChI=1S/C12H14ClNO5S/c13-10-4-3-8(12(15)16)6-11(10)20(17,18)14-7-9-2-1-5-19-9/h3-4,6,9,14H,1-2,5,7H2,(H,15,16)/t9-/m1/s1. The van der Waals surface area contributed by atoms with E-state index in [0.29, 0.717) is 6.61 Å². The molecule has 2 N–H and O–H groups in total. The highest BCUT2D eigenvalue weighted by molar-refractivity contribution is 7.89. The van der Waals surface area contributed by atoms with Crippen molar-refractivity contribution in [3.63, 3.8) is 0 Å². The molecule has 8 heteroatoms. The van der Waals surface area contributed by atoms with Crippen LogP contribution in [-0.2, 0) is 14.8 Å². The Morgan fingerprint density at radius 1 is 1.50 bits per heavy atom. The Morgan fingerprint density at radius 2 is 2.25 bits per heavy atom. The van der Waals surface area contributed by atoms with Crippen molar-refractivity contribution in [3.8, 4) is 0 Å². The van der Waals surface area contributed by atoms with Gasteiger partial charge in [-0.2, -0.15) is 0 Å². The number of carbonyl (C=O) groups is 1. The van der Waals surface area contributed by atoms with Gasteiger partial charge in [-0.05, 0) is 31.0 Å². The molecule has 0 radical (unpaired) electrons. The summed E-state index contributed by atoms with van der Waals surface area (Å²) in [6, 6.07) is 3.55.